The maximum absolute atomic E-state index is 13.5. The summed E-state index contributed by atoms with van der Waals surface area (Å²) in [7, 11) is -9.95. The number of aromatic hydroxyl groups is 2. The Morgan fingerprint density at radius 2 is 1.53 bits per heavy atom. The van der Waals surface area contributed by atoms with Gasteiger partial charge in [-0.1, -0.05) is 17.7 Å². The summed E-state index contributed by atoms with van der Waals surface area (Å²) < 4.78 is 92.2. The molecule has 1 heterocycles. The number of fused-ring (bicyclic) bond motifs is 1. The Balaban J connectivity index is 1.71. The maximum atomic E-state index is 13.5. The number of rotatable bonds is 6. The van der Waals surface area contributed by atoms with Crippen molar-refractivity contribution in [2.24, 2.45) is 10.2 Å². The molecule has 1 aromatic heterocycles. The van der Waals surface area contributed by atoms with Gasteiger partial charge in [-0.3, -0.25) is 9.11 Å². The Bertz CT molecular complexity index is 1870. The van der Waals surface area contributed by atoms with Crippen LogP contribution in [0.5, 0.6) is 11.5 Å². The van der Waals surface area contributed by atoms with Crippen molar-refractivity contribution in [3.63, 3.8) is 0 Å². The van der Waals surface area contributed by atoms with Crippen LogP contribution in [-0.4, -0.2) is 46.1 Å². The molecule has 0 radical (unpaired) electrons. The second kappa shape index (κ2) is 9.69. The van der Waals surface area contributed by atoms with Gasteiger partial charge >= 0.3 is 6.08 Å². The minimum Gasteiger partial charge on any atom is -0.506 e. The normalized spacial score (nSPS) is 12.3. The lowest BCUT2D eigenvalue weighted by molar-refractivity contribution is 0.473. The molecule has 4 aromatic rings. The first-order chi connectivity index (χ1) is 17.6. The summed E-state index contributed by atoms with van der Waals surface area (Å²) in [5.74, 6) is -3.04. The molecule has 18 heteroatoms. The molecule has 0 fully saturated rings. The average Bonchev–Trinajstić information content (AvgIpc) is 2.81. The van der Waals surface area contributed by atoms with Crippen LogP contribution in [0.15, 0.2) is 62.5 Å². The first-order valence-corrected chi connectivity index (χ1v) is 13.1. The van der Waals surface area contributed by atoms with Gasteiger partial charge in [-0.25, -0.2) is 0 Å². The van der Waals surface area contributed by atoms with E-state index >= 15 is 0 Å². The van der Waals surface area contributed by atoms with Gasteiger partial charge in [0.05, 0.1) is 4.90 Å². The standard InChI is InChI=1S/C20H12ClF2N5O8S2/c21-16-18(22)25-20(23)26-19(16)24-9-2-4-11(13(29)6-9)27-28-12-3-1-8-5-10(37(31,32)33)7-14(38(34,35)36)15(8)17(12)30/h1-7,29-30H,(H,24,25,26)(H,31,32,33)(H,34,35,36)/b28-27+. The van der Waals surface area contributed by atoms with Gasteiger partial charge < -0.3 is 15.5 Å². The van der Waals surface area contributed by atoms with Gasteiger partial charge in [0.15, 0.2) is 11.6 Å². The summed E-state index contributed by atoms with van der Waals surface area (Å²) >= 11 is 5.69. The van der Waals surface area contributed by atoms with Crippen molar-refractivity contribution in [3.05, 3.63) is 59.5 Å². The predicted octanol–water partition coefficient (Wildman–Crippen LogP) is 4.63. The number of phenolic OH excluding ortho intramolecular Hbond substituents is 2. The zero-order chi connectivity index (χ0) is 28.0. The highest BCUT2D eigenvalue weighted by Crippen LogP contribution is 2.41. The molecule has 0 unspecified atom stereocenters. The van der Waals surface area contributed by atoms with Crippen molar-refractivity contribution in [3.8, 4) is 11.5 Å². The molecule has 3 aromatic carbocycles. The molecule has 0 bridgehead atoms. The van der Waals surface area contributed by atoms with Crippen LogP contribution in [0.1, 0.15) is 0 Å². The molecule has 0 aliphatic carbocycles. The second-order valence-corrected chi connectivity index (χ2v) is 10.6. The highest BCUT2D eigenvalue weighted by atomic mass is 35.5. The third-order valence-electron chi connectivity index (χ3n) is 4.87. The summed E-state index contributed by atoms with van der Waals surface area (Å²) in [6.07, 6.45) is -1.38. The van der Waals surface area contributed by atoms with Crippen LogP contribution < -0.4 is 5.32 Å². The summed E-state index contributed by atoms with van der Waals surface area (Å²) in [5.41, 5.74) is -0.429. The smallest absolute Gasteiger partial charge is 0.313 e. The fraction of sp³-hybridized carbons (Fsp3) is 0. The van der Waals surface area contributed by atoms with E-state index in [0.29, 0.717) is 6.07 Å². The monoisotopic (exact) mass is 587 g/mol. The molecule has 38 heavy (non-hydrogen) atoms. The number of benzene rings is 3. The molecule has 0 spiro atoms. The Hall–Kier alpha value is -4.03. The van der Waals surface area contributed by atoms with Gasteiger partial charge in [0, 0.05) is 17.1 Å². The number of aromatic nitrogens is 2. The Kier molecular flexibility index (Phi) is 6.89. The van der Waals surface area contributed by atoms with Crippen LogP contribution in [-0.2, 0) is 20.2 Å². The molecule has 198 valence electrons. The number of halogens is 3. The van der Waals surface area contributed by atoms with Gasteiger partial charge in [0.2, 0.25) is 5.95 Å². The van der Waals surface area contributed by atoms with E-state index in [4.69, 9.17) is 11.6 Å². The number of hydrogen-bond donors (Lipinski definition) is 5. The van der Waals surface area contributed by atoms with Crippen LogP contribution in [0.2, 0.25) is 5.02 Å². The summed E-state index contributed by atoms with van der Waals surface area (Å²) in [5, 5.41) is 29.6. The van der Waals surface area contributed by atoms with Gasteiger partial charge in [-0.05, 0) is 35.7 Å². The third-order valence-corrected chi connectivity index (χ3v) is 6.91. The van der Waals surface area contributed by atoms with Gasteiger partial charge in [0.1, 0.15) is 27.0 Å². The molecule has 13 nitrogen and oxygen atoms in total. The lowest BCUT2D eigenvalue weighted by Gasteiger charge is -2.10. The molecule has 0 amide bonds. The predicted molar refractivity (Wildman–Crippen MR) is 128 cm³/mol. The van der Waals surface area contributed by atoms with Crippen molar-refractivity contribution in [1.82, 2.24) is 9.97 Å². The molecule has 5 N–H and O–H groups in total. The van der Waals surface area contributed by atoms with Crippen molar-refractivity contribution in [2.75, 3.05) is 5.32 Å². The van der Waals surface area contributed by atoms with Crippen molar-refractivity contribution >= 4 is 65.5 Å². The highest BCUT2D eigenvalue weighted by Gasteiger charge is 2.24. The van der Waals surface area contributed by atoms with Crippen LogP contribution in [0, 0.1) is 12.0 Å². The topological polar surface area (TPSA) is 212 Å². The third kappa shape index (κ3) is 5.46. The lowest BCUT2D eigenvalue weighted by Crippen LogP contribution is -2.04. The Labute approximate surface area is 216 Å². The summed E-state index contributed by atoms with van der Waals surface area (Å²) in [6.45, 7) is 0. The summed E-state index contributed by atoms with van der Waals surface area (Å²) in [4.78, 5) is 4.27. The maximum Gasteiger partial charge on any atom is 0.313 e. The first-order valence-electron chi connectivity index (χ1n) is 9.80. The minimum atomic E-state index is -5.08. The molecular formula is C20H12ClF2N5O8S2. The SMILES string of the molecule is O=S(=O)(O)c1cc(S(=O)(=O)O)c2c(O)c(/N=N/c3ccc(Nc4nc(F)nc(F)c4Cl)cc3O)ccc2c1. The van der Waals surface area contributed by atoms with Crippen molar-refractivity contribution < 1.29 is 44.9 Å². The van der Waals surface area contributed by atoms with E-state index in [9.17, 15) is 44.9 Å². The van der Waals surface area contributed by atoms with E-state index in [1.165, 1.54) is 12.1 Å². The van der Waals surface area contributed by atoms with E-state index in [0.717, 1.165) is 24.3 Å². The fourth-order valence-electron chi connectivity index (χ4n) is 3.21. The summed E-state index contributed by atoms with van der Waals surface area (Å²) in [6, 6.07) is 7.17. The van der Waals surface area contributed by atoms with Gasteiger partial charge in [-0.15, -0.1) is 10.2 Å². The fourth-order valence-corrected chi connectivity index (χ4v) is 4.71. The lowest BCUT2D eigenvalue weighted by atomic mass is 10.1. The van der Waals surface area contributed by atoms with Crippen molar-refractivity contribution in [2.45, 2.75) is 9.79 Å². The Morgan fingerprint density at radius 3 is 2.16 bits per heavy atom. The van der Waals surface area contributed by atoms with E-state index in [1.807, 2.05) is 0 Å². The molecule has 4 rings (SSSR count). The van der Waals surface area contributed by atoms with E-state index in [-0.39, 0.29) is 22.4 Å². The minimum absolute atomic E-state index is 0.0850. The number of phenols is 2. The molecule has 0 aliphatic heterocycles. The molecule has 0 aliphatic rings. The average molecular weight is 588 g/mol. The van der Waals surface area contributed by atoms with E-state index in [2.05, 4.69) is 25.5 Å². The number of azo groups is 1. The number of anilines is 2. The van der Waals surface area contributed by atoms with Crippen molar-refractivity contribution in [1.29, 1.82) is 0 Å². The van der Waals surface area contributed by atoms with Gasteiger partial charge in [-0.2, -0.15) is 35.6 Å². The first kappa shape index (κ1) is 27.0. The molecule has 0 saturated heterocycles. The van der Waals surface area contributed by atoms with Gasteiger partial charge in [0.25, 0.3) is 20.2 Å². The quantitative estimate of drug-likeness (QED) is 0.0907. The van der Waals surface area contributed by atoms with E-state index < -0.39 is 69.8 Å². The van der Waals surface area contributed by atoms with E-state index in [1.54, 1.807) is 0 Å². The number of nitrogens with zero attached hydrogens (tertiary/aromatic N) is 4. The molecule has 0 atom stereocenters. The molecular weight excluding hydrogens is 576 g/mol. The van der Waals surface area contributed by atoms with Crippen LogP contribution >= 0.6 is 11.6 Å². The number of hydrogen-bond acceptors (Lipinski definition) is 11. The highest BCUT2D eigenvalue weighted by molar-refractivity contribution is 7.86. The van der Waals surface area contributed by atoms with Crippen LogP contribution in [0.3, 0.4) is 0 Å². The molecule has 0 saturated carbocycles. The van der Waals surface area contributed by atoms with Crippen LogP contribution in [0.25, 0.3) is 10.8 Å². The number of nitrogens with one attached hydrogen (secondary N) is 1. The zero-order valence-electron chi connectivity index (χ0n) is 18.2. The Morgan fingerprint density at radius 1 is 0.868 bits per heavy atom. The van der Waals surface area contributed by atoms with Crippen LogP contribution in [0.4, 0.5) is 31.7 Å². The second-order valence-electron chi connectivity index (χ2n) is 7.38. The largest absolute Gasteiger partial charge is 0.506 e. The zero-order valence-corrected chi connectivity index (χ0v) is 20.6.